The highest BCUT2D eigenvalue weighted by Gasteiger charge is 2.28. The van der Waals surface area contributed by atoms with Gasteiger partial charge in [-0.1, -0.05) is 18.7 Å². The zero-order valence-electron chi connectivity index (χ0n) is 13.5. The summed E-state index contributed by atoms with van der Waals surface area (Å²) in [7, 11) is -3.14. The molecule has 0 radical (unpaired) electrons. The molecule has 0 saturated carbocycles. The molecule has 2 heterocycles. The Morgan fingerprint density at radius 3 is 2.57 bits per heavy atom. The largest absolute Gasteiger partial charge is 0.353 e. The Kier molecular flexibility index (Phi) is 6.72. The summed E-state index contributed by atoms with van der Waals surface area (Å²) in [6.45, 7) is 3.96. The van der Waals surface area contributed by atoms with Gasteiger partial charge in [0.1, 0.15) is 0 Å². The van der Waals surface area contributed by atoms with Crippen molar-refractivity contribution in [3.63, 3.8) is 0 Å². The molecular formula is C14H25N3O4S2. The molecule has 0 unspecified atom stereocenters. The lowest BCUT2D eigenvalue weighted by molar-refractivity contribution is -0.122. The summed E-state index contributed by atoms with van der Waals surface area (Å²) in [5.74, 6) is 0.918. The van der Waals surface area contributed by atoms with E-state index in [1.54, 1.807) is 4.90 Å². The minimum atomic E-state index is -3.14. The van der Waals surface area contributed by atoms with Gasteiger partial charge in [0.25, 0.3) is 5.24 Å². The topological polar surface area (TPSA) is 86.8 Å². The highest BCUT2D eigenvalue weighted by Crippen LogP contribution is 2.18. The quantitative estimate of drug-likeness (QED) is 0.725. The van der Waals surface area contributed by atoms with E-state index in [9.17, 15) is 18.0 Å². The standard InChI is InChI=1S/C14H25N3O4S2/c1-2-11-23(20,21)17-7-3-12(4-8-17)15-13(18)5-6-16-9-10-22-14(16)19/h12H,2-11H2,1H3,(H,15,18). The smallest absolute Gasteiger partial charge is 0.281 e. The molecule has 0 spiro atoms. The summed E-state index contributed by atoms with van der Waals surface area (Å²) in [4.78, 5) is 25.1. The summed E-state index contributed by atoms with van der Waals surface area (Å²) in [5.41, 5.74) is 0. The van der Waals surface area contributed by atoms with Gasteiger partial charge in [0.05, 0.1) is 5.75 Å². The maximum atomic E-state index is 12.0. The summed E-state index contributed by atoms with van der Waals surface area (Å²) in [5, 5.41) is 3.00. The fourth-order valence-corrected chi connectivity index (χ4v) is 5.22. The molecule has 2 saturated heterocycles. The van der Waals surface area contributed by atoms with Crippen LogP contribution in [0.4, 0.5) is 4.79 Å². The van der Waals surface area contributed by atoms with E-state index in [4.69, 9.17) is 0 Å². The van der Waals surface area contributed by atoms with Gasteiger partial charge in [-0.2, -0.15) is 0 Å². The zero-order chi connectivity index (χ0) is 16.9. The van der Waals surface area contributed by atoms with E-state index in [0.717, 1.165) is 5.75 Å². The maximum absolute atomic E-state index is 12.0. The van der Waals surface area contributed by atoms with Crippen LogP contribution in [0.25, 0.3) is 0 Å². The molecule has 132 valence electrons. The van der Waals surface area contributed by atoms with E-state index in [-0.39, 0.29) is 22.9 Å². The van der Waals surface area contributed by atoms with Gasteiger partial charge in [-0.15, -0.1) is 0 Å². The number of amides is 2. The third-order valence-corrected chi connectivity index (χ3v) is 7.10. The Balaban J connectivity index is 1.69. The van der Waals surface area contributed by atoms with E-state index >= 15 is 0 Å². The molecule has 1 N–H and O–H groups in total. The number of nitrogens with zero attached hydrogens (tertiary/aromatic N) is 2. The van der Waals surface area contributed by atoms with Crippen molar-refractivity contribution in [2.24, 2.45) is 0 Å². The molecular weight excluding hydrogens is 338 g/mol. The van der Waals surface area contributed by atoms with Crippen LogP contribution >= 0.6 is 11.8 Å². The number of thioether (sulfide) groups is 1. The van der Waals surface area contributed by atoms with Crippen molar-refractivity contribution >= 4 is 32.9 Å². The predicted octanol–water partition coefficient (Wildman–Crippen LogP) is 0.866. The molecule has 0 bridgehead atoms. The molecule has 2 aliphatic heterocycles. The first-order valence-electron chi connectivity index (χ1n) is 8.11. The second-order valence-electron chi connectivity index (χ2n) is 5.91. The first-order chi connectivity index (χ1) is 10.9. The van der Waals surface area contributed by atoms with E-state index < -0.39 is 10.0 Å². The normalized spacial score (nSPS) is 20.9. The Morgan fingerprint density at radius 1 is 1.30 bits per heavy atom. The lowest BCUT2D eigenvalue weighted by Crippen LogP contribution is -2.47. The highest BCUT2D eigenvalue weighted by atomic mass is 32.2. The number of hydrogen-bond donors (Lipinski definition) is 1. The van der Waals surface area contributed by atoms with E-state index in [1.165, 1.54) is 16.1 Å². The Bertz CT molecular complexity index is 530. The van der Waals surface area contributed by atoms with E-state index in [1.807, 2.05) is 6.92 Å². The number of hydrogen-bond acceptors (Lipinski definition) is 5. The van der Waals surface area contributed by atoms with Gasteiger partial charge in [0.2, 0.25) is 15.9 Å². The molecule has 7 nitrogen and oxygen atoms in total. The molecule has 0 aromatic rings. The van der Waals surface area contributed by atoms with Gasteiger partial charge < -0.3 is 10.2 Å². The highest BCUT2D eigenvalue weighted by molar-refractivity contribution is 8.13. The van der Waals surface area contributed by atoms with Crippen LogP contribution in [0.5, 0.6) is 0 Å². The van der Waals surface area contributed by atoms with Gasteiger partial charge in [0, 0.05) is 44.4 Å². The minimum absolute atomic E-state index is 0.0271. The minimum Gasteiger partial charge on any atom is -0.353 e. The van der Waals surface area contributed by atoms with Crippen LogP contribution in [0.15, 0.2) is 0 Å². The fourth-order valence-electron chi connectivity index (χ4n) is 2.83. The van der Waals surface area contributed by atoms with Crippen LogP contribution in [0.2, 0.25) is 0 Å². The first kappa shape index (κ1) is 18.5. The van der Waals surface area contributed by atoms with Gasteiger partial charge >= 0.3 is 0 Å². The van der Waals surface area contributed by atoms with Crippen molar-refractivity contribution in [1.82, 2.24) is 14.5 Å². The summed E-state index contributed by atoms with van der Waals surface area (Å²) in [6, 6.07) is 0.0271. The molecule has 2 rings (SSSR count). The maximum Gasteiger partial charge on any atom is 0.281 e. The molecule has 0 atom stereocenters. The molecule has 0 aliphatic carbocycles. The SMILES string of the molecule is CCCS(=O)(=O)N1CCC(NC(=O)CCN2CCSC2=O)CC1. The van der Waals surface area contributed by atoms with Crippen molar-refractivity contribution in [2.75, 3.05) is 37.7 Å². The van der Waals surface area contributed by atoms with Crippen LogP contribution in [0.3, 0.4) is 0 Å². The average molecular weight is 364 g/mol. The average Bonchev–Trinajstić information content (AvgIpc) is 2.91. The zero-order valence-corrected chi connectivity index (χ0v) is 15.1. The number of sulfonamides is 1. The molecule has 2 fully saturated rings. The summed E-state index contributed by atoms with van der Waals surface area (Å²) in [6.07, 6.45) is 2.22. The molecule has 0 aromatic heterocycles. The summed E-state index contributed by atoms with van der Waals surface area (Å²) >= 11 is 1.29. The monoisotopic (exact) mass is 363 g/mol. The Morgan fingerprint density at radius 2 is 2.00 bits per heavy atom. The molecule has 0 aromatic carbocycles. The van der Waals surface area contributed by atoms with Gasteiger partial charge in [0.15, 0.2) is 0 Å². The Labute approximate surface area is 142 Å². The van der Waals surface area contributed by atoms with Crippen molar-refractivity contribution < 1.29 is 18.0 Å². The second kappa shape index (κ2) is 8.34. The number of rotatable bonds is 7. The third-order valence-electron chi connectivity index (χ3n) is 4.13. The lowest BCUT2D eigenvalue weighted by Gasteiger charge is -2.31. The second-order valence-corrected chi connectivity index (χ2v) is 9.04. The van der Waals surface area contributed by atoms with E-state index in [0.29, 0.717) is 51.9 Å². The lowest BCUT2D eigenvalue weighted by atomic mass is 10.1. The number of carbonyl (C=O) groups excluding carboxylic acids is 2. The number of nitrogens with one attached hydrogen (secondary N) is 1. The number of piperidine rings is 1. The van der Waals surface area contributed by atoms with Crippen LogP contribution in [-0.2, 0) is 14.8 Å². The van der Waals surface area contributed by atoms with Crippen molar-refractivity contribution in [3.05, 3.63) is 0 Å². The predicted molar refractivity (Wildman–Crippen MR) is 90.9 cm³/mol. The third kappa shape index (κ3) is 5.36. The van der Waals surface area contributed by atoms with Gasteiger partial charge in [-0.25, -0.2) is 12.7 Å². The van der Waals surface area contributed by atoms with Crippen LogP contribution in [0, 0.1) is 0 Å². The molecule has 2 amide bonds. The first-order valence-corrected chi connectivity index (χ1v) is 10.7. The number of carbonyl (C=O) groups is 2. The van der Waals surface area contributed by atoms with Gasteiger partial charge in [-0.05, 0) is 19.3 Å². The Hall–Kier alpha value is -0.800. The van der Waals surface area contributed by atoms with Crippen LogP contribution < -0.4 is 5.32 Å². The molecule has 23 heavy (non-hydrogen) atoms. The van der Waals surface area contributed by atoms with E-state index in [2.05, 4.69) is 5.32 Å². The van der Waals surface area contributed by atoms with Crippen molar-refractivity contribution in [3.8, 4) is 0 Å². The van der Waals surface area contributed by atoms with Gasteiger partial charge in [-0.3, -0.25) is 9.59 Å². The van der Waals surface area contributed by atoms with Crippen LogP contribution in [0.1, 0.15) is 32.6 Å². The molecule has 9 heteroatoms. The fraction of sp³-hybridized carbons (Fsp3) is 0.857. The van der Waals surface area contributed by atoms with Crippen LogP contribution in [-0.4, -0.2) is 72.5 Å². The summed E-state index contributed by atoms with van der Waals surface area (Å²) < 4.78 is 25.5. The molecule has 2 aliphatic rings. The van der Waals surface area contributed by atoms with Crippen molar-refractivity contribution in [2.45, 2.75) is 38.6 Å². The van der Waals surface area contributed by atoms with Crippen molar-refractivity contribution in [1.29, 1.82) is 0 Å².